The Morgan fingerprint density at radius 2 is 2.00 bits per heavy atom. The molecule has 0 radical (unpaired) electrons. The molecule has 0 aliphatic heterocycles. The lowest BCUT2D eigenvalue weighted by atomic mass is 10.3. The predicted octanol–water partition coefficient (Wildman–Crippen LogP) is 1.11. The van der Waals surface area contributed by atoms with Crippen LogP contribution in [0.1, 0.15) is 15.6 Å². The predicted molar refractivity (Wildman–Crippen MR) is 104 cm³/mol. The van der Waals surface area contributed by atoms with Crippen LogP contribution in [0.4, 0.5) is 4.39 Å². The highest BCUT2D eigenvalue weighted by Crippen LogP contribution is 2.11. The zero-order chi connectivity index (χ0) is 21.3. The van der Waals surface area contributed by atoms with Crippen LogP contribution >= 0.6 is 11.3 Å². The largest absolute Gasteiger partial charge is 0.351 e. The van der Waals surface area contributed by atoms with Gasteiger partial charge in [0.2, 0.25) is 5.82 Å². The van der Waals surface area contributed by atoms with Crippen molar-refractivity contribution in [2.45, 2.75) is 6.54 Å². The second-order valence-electron chi connectivity index (χ2n) is 6.07. The second kappa shape index (κ2) is 7.83. The van der Waals surface area contributed by atoms with Crippen LogP contribution in [0.5, 0.6) is 0 Å². The van der Waals surface area contributed by atoms with E-state index in [4.69, 9.17) is 4.52 Å². The minimum atomic E-state index is -0.773. The number of benzene rings is 1. The third kappa shape index (κ3) is 3.67. The number of nitrogens with one attached hydrogen (secondary N) is 1. The highest BCUT2D eigenvalue weighted by atomic mass is 32.1. The monoisotopic (exact) mass is 428 g/mol. The number of halogens is 1. The summed E-state index contributed by atoms with van der Waals surface area (Å²) >= 11 is 1.48. The molecule has 1 aromatic carbocycles. The van der Waals surface area contributed by atoms with E-state index in [1.807, 2.05) is 17.5 Å². The van der Waals surface area contributed by atoms with Crippen LogP contribution in [0.25, 0.3) is 17.2 Å². The van der Waals surface area contributed by atoms with Crippen molar-refractivity contribution in [1.82, 2.24) is 29.8 Å². The van der Waals surface area contributed by atoms with Crippen molar-refractivity contribution in [3.63, 3.8) is 0 Å². The average molecular weight is 428 g/mol. The number of carbonyl (C=O) groups is 1. The number of hydrogen-bond donors (Lipinski definition) is 1. The standard InChI is InChI=1S/C18H13FN6O4S/c1-24-17(27)13(22-25(18(24)28)11-6-4-10(19)5-7-11)14-21-16(29-23-14)15(26)20-9-12-3-2-8-30-12/h2-8H,9H2,1H3,(H,20,26). The van der Waals surface area contributed by atoms with Gasteiger partial charge in [0.05, 0.1) is 12.2 Å². The summed E-state index contributed by atoms with van der Waals surface area (Å²) in [4.78, 5) is 42.0. The van der Waals surface area contributed by atoms with Gasteiger partial charge in [0.15, 0.2) is 5.69 Å². The van der Waals surface area contributed by atoms with Gasteiger partial charge < -0.3 is 9.84 Å². The first-order valence-corrected chi connectivity index (χ1v) is 9.43. The molecular weight excluding hydrogens is 415 g/mol. The molecule has 10 nitrogen and oxygen atoms in total. The van der Waals surface area contributed by atoms with Gasteiger partial charge in [0.1, 0.15) is 5.82 Å². The Kier molecular flexibility index (Phi) is 5.06. The van der Waals surface area contributed by atoms with Crippen LogP contribution in [-0.2, 0) is 13.6 Å². The van der Waals surface area contributed by atoms with E-state index in [1.165, 1.54) is 30.5 Å². The fourth-order valence-electron chi connectivity index (χ4n) is 2.53. The van der Waals surface area contributed by atoms with Crippen molar-refractivity contribution in [2.75, 3.05) is 0 Å². The lowest BCUT2D eigenvalue weighted by molar-refractivity contribution is 0.0907. The molecule has 1 amide bonds. The maximum atomic E-state index is 13.2. The summed E-state index contributed by atoms with van der Waals surface area (Å²) in [6.45, 7) is 0.281. The van der Waals surface area contributed by atoms with Gasteiger partial charge >= 0.3 is 17.5 Å². The van der Waals surface area contributed by atoms with Gasteiger partial charge in [-0.3, -0.25) is 14.2 Å². The van der Waals surface area contributed by atoms with Crippen LogP contribution in [0, 0.1) is 5.82 Å². The maximum absolute atomic E-state index is 13.2. The molecule has 1 N–H and O–H groups in total. The zero-order valence-corrected chi connectivity index (χ0v) is 16.2. The Morgan fingerprint density at radius 1 is 1.23 bits per heavy atom. The molecule has 4 aromatic rings. The Balaban J connectivity index is 1.67. The van der Waals surface area contributed by atoms with Crippen LogP contribution in [0.3, 0.4) is 0 Å². The third-order valence-electron chi connectivity index (χ3n) is 4.08. The quantitative estimate of drug-likeness (QED) is 0.505. The number of hydrogen-bond acceptors (Lipinski definition) is 8. The van der Waals surface area contributed by atoms with E-state index in [0.29, 0.717) is 0 Å². The summed E-state index contributed by atoms with van der Waals surface area (Å²) in [7, 11) is 1.25. The zero-order valence-electron chi connectivity index (χ0n) is 15.4. The number of aromatic nitrogens is 5. The topological polar surface area (TPSA) is 125 Å². The van der Waals surface area contributed by atoms with Crippen molar-refractivity contribution in [3.05, 3.63) is 79.2 Å². The lowest BCUT2D eigenvalue weighted by Crippen LogP contribution is -2.40. The Hall–Kier alpha value is -3.93. The van der Waals surface area contributed by atoms with Gasteiger partial charge in [-0.15, -0.1) is 11.3 Å². The van der Waals surface area contributed by atoms with Gasteiger partial charge in [-0.25, -0.2) is 9.18 Å². The molecule has 0 unspecified atom stereocenters. The SMILES string of the molecule is Cn1c(=O)c(-c2noc(C(=O)NCc3cccs3)n2)nn(-c2ccc(F)cc2)c1=O. The van der Waals surface area contributed by atoms with Crippen LogP contribution in [0.15, 0.2) is 55.9 Å². The summed E-state index contributed by atoms with van der Waals surface area (Å²) in [5, 5.41) is 12.1. The summed E-state index contributed by atoms with van der Waals surface area (Å²) in [6.07, 6.45) is 0. The molecule has 0 fully saturated rings. The molecule has 4 rings (SSSR count). The van der Waals surface area contributed by atoms with Crippen molar-refractivity contribution in [3.8, 4) is 17.2 Å². The minimum Gasteiger partial charge on any atom is -0.343 e. The minimum absolute atomic E-state index is 0.232. The fourth-order valence-corrected chi connectivity index (χ4v) is 3.18. The molecule has 0 saturated heterocycles. The molecule has 3 aromatic heterocycles. The van der Waals surface area contributed by atoms with E-state index in [2.05, 4.69) is 20.6 Å². The first-order chi connectivity index (χ1) is 14.4. The second-order valence-corrected chi connectivity index (χ2v) is 7.10. The van der Waals surface area contributed by atoms with Gasteiger partial charge in [-0.2, -0.15) is 14.8 Å². The molecule has 0 aliphatic carbocycles. The molecule has 0 atom stereocenters. The molecule has 3 heterocycles. The van der Waals surface area contributed by atoms with Crippen LogP contribution in [0.2, 0.25) is 0 Å². The van der Waals surface area contributed by atoms with Gasteiger partial charge in [-0.1, -0.05) is 11.2 Å². The van der Waals surface area contributed by atoms with E-state index in [0.717, 1.165) is 26.3 Å². The molecule has 30 heavy (non-hydrogen) atoms. The maximum Gasteiger partial charge on any atom is 0.351 e. The summed E-state index contributed by atoms with van der Waals surface area (Å²) in [5.74, 6) is -1.73. The van der Waals surface area contributed by atoms with E-state index < -0.39 is 23.0 Å². The van der Waals surface area contributed by atoms with Crippen molar-refractivity contribution in [2.24, 2.45) is 7.05 Å². The Bertz CT molecular complexity index is 1320. The number of nitrogens with zero attached hydrogens (tertiary/aromatic N) is 5. The average Bonchev–Trinajstić information content (AvgIpc) is 3.44. The molecule has 0 saturated carbocycles. The number of rotatable bonds is 5. The summed E-state index contributed by atoms with van der Waals surface area (Å²) in [6, 6.07) is 8.68. The third-order valence-corrected chi connectivity index (χ3v) is 4.96. The molecule has 0 aliphatic rings. The van der Waals surface area contributed by atoms with Crippen LogP contribution in [-0.4, -0.2) is 30.4 Å². The number of carbonyl (C=O) groups excluding carboxylic acids is 1. The summed E-state index contributed by atoms with van der Waals surface area (Å²) < 4.78 is 19.8. The van der Waals surface area contributed by atoms with Gasteiger partial charge in [0.25, 0.3) is 5.56 Å². The van der Waals surface area contributed by atoms with Crippen molar-refractivity contribution >= 4 is 17.2 Å². The molecule has 0 spiro atoms. The van der Waals surface area contributed by atoms with Gasteiger partial charge in [-0.05, 0) is 35.7 Å². The van der Waals surface area contributed by atoms with E-state index in [9.17, 15) is 18.8 Å². The number of thiophene rings is 1. The highest BCUT2D eigenvalue weighted by Gasteiger charge is 2.21. The first-order valence-electron chi connectivity index (χ1n) is 8.55. The molecule has 152 valence electrons. The van der Waals surface area contributed by atoms with Crippen molar-refractivity contribution in [1.29, 1.82) is 0 Å². The fraction of sp³-hybridized carbons (Fsp3) is 0.111. The Labute approximate surface area is 171 Å². The smallest absolute Gasteiger partial charge is 0.343 e. The van der Waals surface area contributed by atoms with E-state index in [-0.39, 0.29) is 29.6 Å². The van der Waals surface area contributed by atoms with Crippen LogP contribution < -0.4 is 16.6 Å². The normalized spacial score (nSPS) is 10.9. The van der Waals surface area contributed by atoms with Gasteiger partial charge in [0, 0.05) is 11.9 Å². The highest BCUT2D eigenvalue weighted by molar-refractivity contribution is 7.09. The number of amides is 1. The van der Waals surface area contributed by atoms with Crippen molar-refractivity contribution < 1.29 is 13.7 Å². The molecule has 0 bridgehead atoms. The molecule has 12 heteroatoms. The van der Waals surface area contributed by atoms with E-state index in [1.54, 1.807) is 0 Å². The molecular formula is C18H13FN6O4S. The summed E-state index contributed by atoms with van der Waals surface area (Å²) in [5.41, 5.74) is -1.59. The Morgan fingerprint density at radius 3 is 2.70 bits per heavy atom. The van der Waals surface area contributed by atoms with E-state index >= 15 is 0 Å². The lowest BCUT2D eigenvalue weighted by Gasteiger charge is -2.07. The first kappa shape index (κ1) is 19.4.